The second-order valence-corrected chi connectivity index (χ2v) is 6.76. The fourth-order valence-electron chi connectivity index (χ4n) is 2.41. The van der Waals surface area contributed by atoms with Crippen LogP contribution in [0.15, 0.2) is 48.5 Å². The third kappa shape index (κ3) is 8.03. The second-order valence-electron chi connectivity index (χ2n) is 6.35. The van der Waals surface area contributed by atoms with Gasteiger partial charge in [0.1, 0.15) is 0 Å². The largest absolute Gasteiger partial charge is 0.455 e. The SMILES string of the molecule is O=C(COC(=O)CCCC(=O)Nc1cccc([N+](=O)[O-])c1)NNC(=O)c1ccccc1Cl. The molecule has 168 valence electrons. The molecule has 0 heterocycles. The number of anilines is 1. The molecule has 2 rings (SSSR count). The monoisotopic (exact) mass is 462 g/mol. The Balaban J connectivity index is 1.63. The Morgan fingerprint density at radius 3 is 2.44 bits per heavy atom. The number of nitro benzene ring substituents is 1. The highest BCUT2D eigenvalue weighted by atomic mass is 35.5. The molecule has 0 radical (unpaired) electrons. The molecule has 0 aliphatic rings. The van der Waals surface area contributed by atoms with E-state index < -0.39 is 35.2 Å². The summed E-state index contributed by atoms with van der Waals surface area (Å²) in [6.07, 6.45) is -0.00996. The molecule has 0 unspecified atom stereocenters. The molecule has 2 aromatic rings. The Morgan fingerprint density at radius 2 is 1.72 bits per heavy atom. The van der Waals surface area contributed by atoms with Crippen LogP contribution in [0.3, 0.4) is 0 Å². The van der Waals surface area contributed by atoms with Crippen LogP contribution in [0.4, 0.5) is 11.4 Å². The van der Waals surface area contributed by atoms with Gasteiger partial charge >= 0.3 is 5.97 Å². The Hall–Kier alpha value is -3.99. The van der Waals surface area contributed by atoms with Gasteiger partial charge < -0.3 is 10.1 Å². The van der Waals surface area contributed by atoms with Crippen LogP contribution < -0.4 is 16.2 Å². The molecule has 0 aliphatic carbocycles. The highest BCUT2D eigenvalue weighted by Crippen LogP contribution is 2.17. The summed E-state index contributed by atoms with van der Waals surface area (Å²) in [6.45, 7) is -0.623. The summed E-state index contributed by atoms with van der Waals surface area (Å²) in [5.41, 5.74) is 4.51. The Kier molecular flexibility index (Phi) is 9.11. The molecule has 0 saturated carbocycles. The molecule has 0 spiro atoms. The van der Waals surface area contributed by atoms with Crippen LogP contribution in [0.1, 0.15) is 29.6 Å². The van der Waals surface area contributed by atoms with Gasteiger partial charge in [0.15, 0.2) is 6.61 Å². The average Bonchev–Trinajstić information content (AvgIpc) is 2.76. The number of rotatable bonds is 9. The van der Waals surface area contributed by atoms with Crippen LogP contribution in [-0.4, -0.2) is 35.2 Å². The van der Waals surface area contributed by atoms with Crippen LogP contribution in [0.25, 0.3) is 0 Å². The molecular weight excluding hydrogens is 444 g/mol. The van der Waals surface area contributed by atoms with Gasteiger partial charge in [-0.1, -0.05) is 29.8 Å². The normalized spacial score (nSPS) is 10.0. The van der Waals surface area contributed by atoms with Gasteiger partial charge in [-0.15, -0.1) is 0 Å². The Bertz CT molecular complexity index is 1030. The number of benzene rings is 2. The van der Waals surface area contributed by atoms with Crippen LogP contribution in [-0.2, 0) is 19.1 Å². The first-order valence-corrected chi connectivity index (χ1v) is 9.67. The molecule has 3 amide bonds. The topological polar surface area (TPSA) is 157 Å². The van der Waals surface area contributed by atoms with Gasteiger partial charge in [0.05, 0.1) is 15.5 Å². The van der Waals surface area contributed by atoms with E-state index in [-0.39, 0.29) is 41.2 Å². The van der Waals surface area contributed by atoms with Gasteiger partial charge in [-0.25, -0.2) is 0 Å². The molecular formula is C20H19ClN4O7. The lowest BCUT2D eigenvalue weighted by Crippen LogP contribution is -2.43. The summed E-state index contributed by atoms with van der Waals surface area (Å²) >= 11 is 5.87. The second kappa shape index (κ2) is 12.0. The number of carbonyl (C=O) groups is 4. The van der Waals surface area contributed by atoms with E-state index in [0.29, 0.717) is 0 Å². The molecule has 0 bridgehead atoms. The highest BCUT2D eigenvalue weighted by molar-refractivity contribution is 6.33. The van der Waals surface area contributed by atoms with Crippen LogP contribution >= 0.6 is 11.6 Å². The predicted molar refractivity (Wildman–Crippen MR) is 114 cm³/mol. The van der Waals surface area contributed by atoms with Gasteiger partial charge in [0.2, 0.25) is 5.91 Å². The van der Waals surface area contributed by atoms with E-state index in [2.05, 4.69) is 16.2 Å². The van der Waals surface area contributed by atoms with Gasteiger partial charge in [0.25, 0.3) is 17.5 Å². The summed E-state index contributed by atoms with van der Waals surface area (Å²) in [4.78, 5) is 57.3. The minimum Gasteiger partial charge on any atom is -0.455 e. The Morgan fingerprint density at radius 1 is 0.969 bits per heavy atom. The van der Waals surface area contributed by atoms with Gasteiger partial charge in [-0.2, -0.15) is 0 Å². The summed E-state index contributed by atoms with van der Waals surface area (Å²) < 4.78 is 4.77. The van der Waals surface area contributed by atoms with Crippen molar-refractivity contribution in [2.24, 2.45) is 0 Å². The molecule has 3 N–H and O–H groups in total. The number of carbonyl (C=O) groups excluding carboxylic acids is 4. The van der Waals surface area contributed by atoms with E-state index in [1.54, 1.807) is 12.1 Å². The zero-order chi connectivity index (χ0) is 23.5. The van der Waals surface area contributed by atoms with Gasteiger partial charge in [-0.05, 0) is 24.6 Å². The molecule has 32 heavy (non-hydrogen) atoms. The zero-order valence-electron chi connectivity index (χ0n) is 16.6. The number of hydrazine groups is 1. The lowest BCUT2D eigenvalue weighted by molar-refractivity contribution is -0.384. The van der Waals surface area contributed by atoms with Crippen LogP contribution in [0, 0.1) is 10.1 Å². The van der Waals surface area contributed by atoms with Gasteiger partial charge in [-0.3, -0.25) is 40.1 Å². The number of halogens is 1. The van der Waals surface area contributed by atoms with Crippen molar-refractivity contribution in [1.29, 1.82) is 0 Å². The highest BCUT2D eigenvalue weighted by Gasteiger charge is 2.13. The van der Waals surface area contributed by atoms with Crippen LogP contribution in [0.2, 0.25) is 5.02 Å². The molecule has 0 atom stereocenters. The van der Waals surface area contributed by atoms with E-state index in [1.165, 1.54) is 36.4 Å². The first-order chi connectivity index (χ1) is 15.3. The van der Waals surface area contributed by atoms with E-state index in [0.717, 1.165) is 0 Å². The molecule has 11 nitrogen and oxygen atoms in total. The number of nitrogens with one attached hydrogen (secondary N) is 3. The number of ether oxygens (including phenoxy) is 1. The summed E-state index contributed by atoms with van der Waals surface area (Å²) in [5.74, 6) is -2.54. The molecule has 0 aliphatic heterocycles. The van der Waals surface area contributed by atoms with Crippen molar-refractivity contribution in [2.75, 3.05) is 11.9 Å². The zero-order valence-corrected chi connectivity index (χ0v) is 17.4. The number of hydrogen-bond donors (Lipinski definition) is 3. The fraction of sp³-hybridized carbons (Fsp3) is 0.200. The molecule has 12 heteroatoms. The molecule has 0 aromatic heterocycles. The first kappa shape index (κ1) is 24.3. The number of nitrogens with zero attached hydrogens (tertiary/aromatic N) is 1. The van der Waals surface area contributed by atoms with Crippen molar-refractivity contribution < 1.29 is 28.8 Å². The first-order valence-electron chi connectivity index (χ1n) is 9.30. The maximum absolute atomic E-state index is 11.9. The van der Waals surface area contributed by atoms with Crippen molar-refractivity contribution in [3.8, 4) is 0 Å². The predicted octanol–water partition coefficient (Wildman–Crippen LogP) is 2.36. The molecule has 0 fully saturated rings. The van der Waals surface area contributed by atoms with Crippen molar-refractivity contribution in [3.05, 3.63) is 69.2 Å². The lowest BCUT2D eigenvalue weighted by atomic mass is 10.2. The van der Waals surface area contributed by atoms with E-state index >= 15 is 0 Å². The van der Waals surface area contributed by atoms with E-state index in [1.807, 2.05) is 0 Å². The average molecular weight is 463 g/mol. The maximum atomic E-state index is 11.9. The van der Waals surface area contributed by atoms with Gasteiger partial charge in [0, 0.05) is 30.7 Å². The number of amides is 3. The number of non-ortho nitro benzene ring substituents is 1. The minimum absolute atomic E-state index is 0.0299. The number of nitro groups is 1. The Labute approximate surface area is 187 Å². The summed E-state index contributed by atoms with van der Waals surface area (Å²) in [6, 6.07) is 11.7. The van der Waals surface area contributed by atoms with E-state index in [4.69, 9.17) is 16.3 Å². The standard InChI is InChI=1S/C20H19ClN4O7/c21-16-8-2-1-7-15(16)20(29)24-23-18(27)12-32-19(28)10-4-9-17(26)22-13-5-3-6-14(11-13)25(30)31/h1-3,5-8,11H,4,9-10,12H2,(H,22,26)(H,23,27)(H,24,29). The fourth-order valence-corrected chi connectivity index (χ4v) is 2.63. The summed E-state index contributed by atoms with van der Waals surface area (Å²) in [5, 5.41) is 13.4. The van der Waals surface area contributed by atoms with Crippen molar-refractivity contribution in [2.45, 2.75) is 19.3 Å². The minimum atomic E-state index is -0.762. The lowest BCUT2D eigenvalue weighted by Gasteiger charge is -2.09. The summed E-state index contributed by atoms with van der Waals surface area (Å²) in [7, 11) is 0. The third-order valence-corrected chi connectivity index (χ3v) is 4.25. The number of esters is 1. The van der Waals surface area contributed by atoms with Crippen LogP contribution in [0.5, 0.6) is 0 Å². The number of hydrogen-bond acceptors (Lipinski definition) is 7. The smallest absolute Gasteiger partial charge is 0.306 e. The van der Waals surface area contributed by atoms with Crippen molar-refractivity contribution >= 4 is 46.7 Å². The molecule has 0 saturated heterocycles. The third-order valence-electron chi connectivity index (χ3n) is 3.92. The quantitative estimate of drug-likeness (QED) is 0.293. The van der Waals surface area contributed by atoms with Crippen molar-refractivity contribution in [1.82, 2.24) is 10.9 Å². The maximum Gasteiger partial charge on any atom is 0.306 e. The molecule has 2 aromatic carbocycles. The van der Waals surface area contributed by atoms with Crippen molar-refractivity contribution in [3.63, 3.8) is 0 Å². The van der Waals surface area contributed by atoms with E-state index in [9.17, 15) is 29.3 Å².